The van der Waals surface area contributed by atoms with Crippen molar-refractivity contribution in [2.45, 2.75) is 17.8 Å². The average Bonchev–Trinajstić information content (AvgIpc) is 3.28. The molecule has 0 unspecified atom stereocenters. The van der Waals surface area contributed by atoms with Crippen LogP contribution in [0.25, 0.3) is 22.8 Å². The molecule has 4 aromatic rings. The molecule has 9 heteroatoms. The molecule has 0 atom stereocenters. The number of nitrogen functional groups attached to an aromatic ring is 1. The van der Waals surface area contributed by atoms with Crippen molar-refractivity contribution in [3.8, 4) is 22.8 Å². The molecule has 2 aromatic heterocycles. The third-order valence-corrected chi connectivity index (χ3v) is 4.80. The van der Waals surface area contributed by atoms with Crippen LogP contribution < -0.4 is 5.84 Å². The monoisotopic (exact) mass is 382 g/mol. The van der Waals surface area contributed by atoms with Crippen LogP contribution in [0.15, 0.2) is 58.2 Å². The fourth-order valence-corrected chi connectivity index (χ4v) is 3.12. The van der Waals surface area contributed by atoms with E-state index in [1.165, 1.54) is 28.6 Å². The fourth-order valence-electron chi connectivity index (χ4n) is 2.43. The van der Waals surface area contributed by atoms with E-state index in [-0.39, 0.29) is 5.82 Å². The lowest BCUT2D eigenvalue weighted by Gasteiger charge is -2.02. The van der Waals surface area contributed by atoms with Gasteiger partial charge < -0.3 is 10.4 Å². The highest BCUT2D eigenvalue weighted by Crippen LogP contribution is 2.25. The van der Waals surface area contributed by atoms with Crippen molar-refractivity contribution in [1.29, 1.82) is 0 Å². The molecule has 0 aliphatic carbocycles. The summed E-state index contributed by atoms with van der Waals surface area (Å²) < 4.78 is 19.7. The number of aromatic nitrogens is 5. The Labute approximate surface area is 158 Å². The average molecular weight is 382 g/mol. The van der Waals surface area contributed by atoms with Crippen molar-refractivity contribution < 1.29 is 8.91 Å². The lowest BCUT2D eigenvalue weighted by atomic mass is 10.1. The Morgan fingerprint density at radius 3 is 2.48 bits per heavy atom. The highest BCUT2D eigenvalue weighted by Gasteiger charge is 2.15. The van der Waals surface area contributed by atoms with Crippen LogP contribution in [0.3, 0.4) is 0 Å². The summed E-state index contributed by atoms with van der Waals surface area (Å²) in [5.74, 6) is 7.58. The molecule has 0 bridgehead atoms. The topological polar surface area (TPSA) is 95.7 Å². The van der Waals surface area contributed by atoms with Gasteiger partial charge in [-0.3, -0.25) is 0 Å². The molecule has 0 aliphatic rings. The van der Waals surface area contributed by atoms with E-state index in [0.29, 0.717) is 34.0 Å². The van der Waals surface area contributed by atoms with Crippen LogP contribution in [0.2, 0.25) is 0 Å². The first-order valence-corrected chi connectivity index (χ1v) is 9.07. The van der Waals surface area contributed by atoms with E-state index in [1.54, 1.807) is 12.1 Å². The lowest BCUT2D eigenvalue weighted by Crippen LogP contribution is -2.11. The molecule has 0 aliphatic heterocycles. The smallest absolute Gasteiger partial charge is 0.237 e. The van der Waals surface area contributed by atoms with E-state index in [4.69, 9.17) is 10.4 Å². The van der Waals surface area contributed by atoms with Gasteiger partial charge in [-0.25, -0.2) is 9.07 Å². The summed E-state index contributed by atoms with van der Waals surface area (Å²) in [6, 6.07) is 13.8. The van der Waals surface area contributed by atoms with E-state index in [1.807, 2.05) is 31.2 Å². The number of halogens is 1. The molecule has 2 N–H and O–H groups in total. The summed E-state index contributed by atoms with van der Waals surface area (Å²) >= 11 is 1.32. The highest BCUT2D eigenvalue weighted by atomic mass is 32.2. The molecular formula is C18H15FN6OS. The summed E-state index contributed by atoms with van der Waals surface area (Å²) in [5, 5.41) is 12.6. The second-order valence-corrected chi connectivity index (χ2v) is 6.79. The van der Waals surface area contributed by atoms with Crippen LogP contribution in [-0.2, 0) is 5.75 Å². The van der Waals surface area contributed by atoms with E-state index < -0.39 is 0 Å². The quantitative estimate of drug-likeness (QED) is 0.417. The second kappa shape index (κ2) is 7.20. The normalized spacial score (nSPS) is 11.0. The van der Waals surface area contributed by atoms with Crippen molar-refractivity contribution in [3.05, 3.63) is 65.8 Å². The molecule has 4 rings (SSSR count). The van der Waals surface area contributed by atoms with Crippen LogP contribution in [0.1, 0.15) is 11.5 Å². The Hall–Kier alpha value is -3.20. The molecule has 136 valence electrons. The standard InChI is InChI=1S/C18H15FN6OS/c1-11-2-4-12(5-3-11)16-21-15(26-24-16)10-27-18-23-22-17(25(18)20)13-6-8-14(19)9-7-13/h2-9H,10,20H2,1H3. The minimum atomic E-state index is -0.322. The van der Waals surface area contributed by atoms with Gasteiger partial charge in [0.1, 0.15) is 5.82 Å². The maximum atomic E-state index is 13.1. The number of hydrogen-bond donors (Lipinski definition) is 1. The molecule has 0 amide bonds. The molecule has 7 nitrogen and oxygen atoms in total. The molecule has 0 radical (unpaired) electrons. The Morgan fingerprint density at radius 2 is 1.74 bits per heavy atom. The van der Waals surface area contributed by atoms with Crippen LogP contribution in [0.4, 0.5) is 4.39 Å². The second-order valence-electron chi connectivity index (χ2n) is 5.85. The Morgan fingerprint density at radius 1 is 1.04 bits per heavy atom. The Balaban J connectivity index is 1.46. The first kappa shape index (κ1) is 17.2. The summed E-state index contributed by atoms with van der Waals surface area (Å²) in [4.78, 5) is 4.39. The van der Waals surface area contributed by atoms with Crippen molar-refractivity contribution in [3.63, 3.8) is 0 Å². The van der Waals surface area contributed by atoms with Gasteiger partial charge in [0, 0.05) is 11.1 Å². The molecular weight excluding hydrogens is 367 g/mol. The molecule has 2 heterocycles. The molecule has 0 spiro atoms. The zero-order valence-electron chi connectivity index (χ0n) is 14.3. The first-order chi connectivity index (χ1) is 13.1. The number of thioether (sulfide) groups is 1. The van der Waals surface area contributed by atoms with Crippen LogP contribution in [-0.4, -0.2) is 25.0 Å². The summed E-state index contributed by atoms with van der Waals surface area (Å²) in [7, 11) is 0. The number of rotatable bonds is 5. The number of nitrogens with two attached hydrogens (primary N) is 1. The lowest BCUT2D eigenvalue weighted by molar-refractivity contribution is 0.391. The number of aryl methyl sites for hydroxylation is 1. The highest BCUT2D eigenvalue weighted by molar-refractivity contribution is 7.98. The number of hydrogen-bond acceptors (Lipinski definition) is 7. The maximum absolute atomic E-state index is 13.1. The predicted molar refractivity (Wildman–Crippen MR) is 99.6 cm³/mol. The maximum Gasteiger partial charge on any atom is 0.237 e. The van der Waals surface area contributed by atoms with Crippen LogP contribution in [0.5, 0.6) is 0 Å². The third-order valence-electron chi connectivity index (χ3n) is 3.87. The van der Waals surface area contributed by atoms with Gasteiger partial charge in [0.15, 0.2) is 5.82 Å². The van der Waals surface area contributed by atoms with E-state index in [2.05, 4.69) is 20.3 Å². The van der Waals surface area contributed by atoms with Gasteiger partial charge in [0.2, 0.25) is 16.9 Å². The van der Waals surface area contributed by atoms with E-state index in [0.717, 1.165) is 11.1 Å². The fraction of sp³-hybridized carbons (Fsp3) is 0.111. The summed E-state index contributed by atoms with van der Waals surface area (Å²) in [6.45, 7) is 2.02. The number of benzene rings is 2. The largest absolute Gasteiger partial charge is 0.338 e. The van der Waals surface area contributed by atoms with Gasteiger partial charge in [-0.05, 0) is 31.2 Å². The van der Waals surface area contributed by atoms with Gasteiger partial charge in [0.25, 0.3) is 0 Å². The van der Waals surface area contributed by atoms with Gasteiger partial charge in [-0.2, -0.15) is 4.98 Å². The minimum absolute atomic E-state index is 0.322. The van der Waals surface area contributed by atoms with Crippen molar-refractivity contribution in [2.75, 3.05) is 5.84 Å². The first-order valence-electron chi connectivity index (χ1n) is 8.09. The molecule has 2 aromatic carbocycles. The van der Waals surface area contributed by atoms with Crippen LogP contribution >= 0.6 is 11.8 Å². The Kier molecular flexibility index (Phi) is 4.59. The third kappa shape index (κ3) is 3.68. The van der Waals surface area contributed by atoms with Crippen molar-refractivity contribution in [1.82, 2.24) is 25.0 Å². The van der Waals surface area contributed by atoms with Gasteiger partial charge in [-0.15, -0.1) is 10.2 Å². The summed E-state index contributed by atoms with van der Waals surface area (Å²) in [6.07, 6.45) is 0. The molecule has 27 heavy (non-hydrogen) atoms. The van der Waals surface area contributed by atoms with Gasteiger partial charge in [-0.1, -0.05) is 46.7 Å². The zero-order valence-corrected chi connectivity index (χ0v) is 15.2. The minimum Gasteiger partial charge on any atom is -0.338 e. The van der Waals surface area contributed by atoms with Crippen molar-refractivity contribution >= 4 is 11.8 Å². The van der Waals surface area contributed by atoms with E-state index >= 15 is 0 Å². The van der Waals surface area contributed by atoms with Gasteiger partial charge in [0.05, 0.1) is 5.75 Å². The van der Waals surface area contributed by atoms with Gasteiger partial charge >= 0.3 is 0 Å². The summed E-state index contributed by atoms with van der Waals surface area (Å²) in [5.41, 5.74) is 2.73. The molecule has 0 fully saturated rings. The van der Waals surface area contributed by atoms with Crippen LogP contribution in [0, 0.1) is 12.7 Å². The zero-order chi connectivity index (χ0) is 18.8. The molecule has 0 saturated heterocycles. The molecule has 0 saturated carbocycles. The SMILES string of the molecule is Cc1ccc(-c2noc(CSc3nnc(-c4ccc(F)cc4)n3N)n2)cc1. The number of nitrogens with zero attached hydrogens (tertiary/aromatic N) is 5. The van der Waals surface area contributed by atoms with E-state index in [9.17, 15) is 4.39 Å². The van der Waals surface area contributed by atoms with Crippen molar-refractivity contribution in [2.24, 2.45) is 0 Å². The predicted octanol–water partition coefficient (Wildman–Crippen LogP) is 3.45. The Bertz CT molecular complexity index is 1060.